The van der Waals surface area contributed by atoms with E-state index in [1.807, 2.05) is 36.5 Å². The largest absolute Gasteiger partial charge is 0.488 e. The Morgan fingerprint density at radius 1 is 1.18 bits per heavy atom. The average molecular weight is 453 g/mol. The number of aromatic nitrogens is 3. The Labute approximate surface area is 195 Å². The minimum absolute atomic E-state index is 0.0581. The van der Waals surface area contributed by atoms with Gasteiger partial charge in [0.1, 0.15) is 12.7 Å². The minimum Gasteiger partial charge on any atom is -0.488 e. The van der Waals surface area contributed by atoms with Crippen LogP contribution in [0.25, 0.3) is 5.69 Å². The van der Waals surface area contributed by atoms with Gasteiger partial charge in [0.2, 0.25) is 0 Å². The number of fused-ring (bicyclic) bond motifs is 1. The van der Waals surface area contributed by atoms with Crippen LogP contribution in [-0.4, -0.2) is 33.8 Å². The van der Waals surface area contributed by atoms with E-state index >= 15 is 4.39 Å². The van der Waals surface area contributed by atoms with Gasteiger partial charge < -0.3 is 4.74 Å². The SMILES string of the molecule is Cc1c(Cc2ccc(-n3cccn3)cc2)cc2c(c1F)OCCN(c1ncccc1C#N)C2=O. The van der Waals surface area contributed by atoms with Crippen molar-refractivity contribution < 1.29 is 13.9 Å². The first-order chi connectivity index (χ1) is 16.6. The van der Waals surface area contributed by atoms with Crippen molar-refractivity contribution >= 4 is 11.7 Å². The van der Waals surface area contributed by atoms with Gasteiger partial charge in [0.15, 0.2) is 17.4 Å². The molecular formula is C26H20FN5O2. The molecule has 0 spiro atoms. The topological polar surface area (TPSA) is 84.0 Å². The molecule has 0 N–H and O–H groups in total. The summed E-state index contributed by atoms with van der Waals surface area (Å²) in [5.41, 5.74) is 3.40. The van der Waals surface area contributed by atoms with E-state index in [1.165, 1.54) is 11.1 Å². The summed E-state index contributed by atoms with van der Waals surface area (Å²) in [5, 5.41) is 13.7. The second-order valence-electron chi connectivity index (χ2n) is 7.94. The number of hydrogen-bond acceptors (Lipinski definition) is 5. The molecule has 1 aliphatic rings. The van der Waals surface area contributed by atoms with E-state index in [1.54, 1.807) is 36.0 Å². The molecule has 7 nitrogen and oxygen atoms in total. The summed E-state index contributed by atoms with van der Waals surface area (Å²) in [6, 6.07) is 16.6. The monoisotopic (exact) mass is 453 g/mol. The molecule has 168 valence electrons. The second-order valence-corrected chi connectivity index (χ2v) is 7.94. The molecule has 34 heavy (non-hydrogen) atoms. The lowest BCUT2D eigenvalue weighted by atomic mass is 9.96. The van der Waals surface area contributed by atoms with Crippen LogP contribution in [0.1, 0.15) is 32.6 Å². The molecule has 0 atom stereocenters. The Balaban J connectivity index is 1.50. The van der Waals surface area contributed by atoms with Crippen molar-refractivity contribution in [1.29, 1.82) is 5.26 Å². The number of rotatable bonds is 4. The van der Waals surface area contributed by atoms with Crippen molar-refractivity contribution in [3.63, 3.8) is 0 Å². The number of carbonyl (C=O) groups is 1. The van der Waals surface area contributed by atoms with Crippen molar-refractivity contribution in [2.45, 2.75) is 13.3 Å². The summed E-state index contributed by atoms with van der Waals surface area (Å²) >= 11 is 0. The first-order valence-corrected chi connectivity index (χ1v) is 10.8. The van der Waals surface area contributed by atoms with Crippen LogP contribution in [0.2, 0.25) is 0 Å². The molecule has 0 unspecified atom stereocenters. The van der Waals surface area contributed by atoms with Crippen LogP contribution in [0.3, 0.4) is 0 Å². The molecule has 1 amide bonds. The van der Waals surface area contributed by atoms with Crippen molar-refractivity contribution in [1.82, 2.24) is 14.8 Å². The zero-order valence-corrected chi connectivity index (χ0v) is 18.4. The number of pyridine rings is 1. The van der Waals surface area contributed by atoms with E-state index < -0.39 is 11.7 Å². The number of anilines is 1. The fourth-order valence-corrected chi connectivity index (χ4v) is 4.06. The van der Waals surface area contributed by atoms with Gasteiger partial charge in [-0.1, -0.05) is 12.1 Å². The van der Waals surface area contributed by atoms with E-state index in [0.717, 1.165) is 11.3 Å². The number of halogens is 1. The van der Waals surface area contributed by atoms with Crippen LogP contribution in [-0.2, 0) is 6.42 Å². The highest BCUT2D eigenvalue weighted by Crippen LogP contribution is 2.34. The molecule has 3 heterocycles. The zero-order chi connectivity index (χ0) is 23.7. The highest BCUT2D eigenvalue weighted by molar-refractivity contribution is 6.08. The highest BCUT2D eigenvalue weighted by atomic mass is 19.1. The number of nitrogens with zero attached hydrogens (tertiary/aromatic N) is 5. The Bertz CT molecular complexity index is 1410. The van der Waals surface area contributed by atoms with Crippen LogP contribution >= 0.6 is 0 Å². The van der Waals surface area contributed by atoms with Crippen LogP contribution in [0, 0.1) is 24.1 Å². The number of ether oxygens (including phenoxy) is 1. The summed E-state index contributed by atoms with van der Waals surface area (Å²) in [7, 11) is 0. The maximum absolute atomic E-state index is 15.4. The average Bonchev–Trinajstić information content (AvgIpc) is 3.35. The van der Waals surface area contributed by atoms with Gasteiger partial charge in [0.05, 0.1) is 23.4 Å². The normalized spacial score (nSPS) is 13.1. The van der Waals surface area contributed by atoms with Gasteiger partial charge in [-0.15, -0.1) is 0 Å². The van der Waals surface area contributed by atoms with E-state index in [0.29, 0.717) is 17.5 Å². The molecule has 0 fully saturated rings. The van der Waals surface area contributed by atoms with E-state index in [2.05, 4.69) is 16.2 Å². The van der Waals surface area contributed by atoms with Gasteiger partial charge in [-0.05, 0) is 66.4 Å². The Kier molecular flexibility index (Phi) is 5.52. The Morgan fingerprint density at radius 2 is 2.00 bits per heavy atom. The maximum Gasteiger partial charge on any atom is 0.263 e. The lowest BCUT2D eigenvalue weighted by Gasteiger charge is -2.20. The smallest absolute Gasteiger partial charge is 0.263 e. The van der Waals surface area contributed by atoms with Gasteiger partial charge in [0, 0.05) is 18.6 Å². The lowest BCUT2D eigenvalue weighted by molar-refractivity contribution is 0.0988. The Morgan fingerprint density at radius 3 is 2.74 bits per heavy atom. The molecule has 4 aromatic rings. The molecule has 0 saturated carbocycles. The number of benzene rings is 2. The van der Waals surface area contributed by atoms with Gasteiger partial charge in [-0.25, -0.2) is 14.1 Å². The molecule has 0 aliphatic carbocycles. The van der Waals surface area contributed by atoms with Gasteiger partial charge >= 0.3 is 0 Å². The second kappa shape index (κ2) is 8.79. The molecular weight excluding hydrogens is 433 g/mol. The summed E-state index contributed by atoms with van der Waals surface area (Å²) in [4.78, 5) is 19.1. The van der Waals surface area contributed by atoms with E-state index in [-0.39, 0.29) is 35.8 Å². The Hall–Kier alpha value is -4.51. The van der Waals surface area contributed by atoms with Gasteiger partial charge in [-0.2, -0.15) is 10.4 Å². The third-order valence-corrected chi connectivity index (χ3v) is 5.87. The van der Waals surface area contributed by atoms with Crippen molar-refractivity contribution in [3.05, 3.63) is 101 Å². The van der Waals surface area contributed by atoms with Crippen molar-refractivity contribution in [3.8, 4) is 17.5 Å². The van der Waals surface area contributed by atoms with Gasteiger partial charge in [0.25, 0.3) is 5.91 Å². The molecule has 1 aliphatic heterocycles. The first-order valence-electron chi connectivity index (χ1n) is 10.8. The van der Waals surface area contributed by atoms with Crippen molar-refractivity contribution in [2.75, 3.05) is 18.1 Å². The number of carbonyl (C=O) groups excluding carboxylic acids is 1. The third-order valence-electron chi connectivity index (χ3n) is 5.87. The molecule has 2 aromatic heterocycles. The standard InChI is InChI=1S/C26H20FN5O2/c1-17-20(14-18-5-7-21(8-6-18)32-11-3-10-30-32)15-22-24(23(17)27)34-13-12-31(26(22)33)25-19(16-28)4-2-9-29-25/h2-11,15H,12-14H2,1H3. The number of hydrogen-bond donors (Lipinski definition) is 0. The first kappa shape index (κ1) is 21.3. The van der Waals surface area contributed by atoms with E-state index in [9.17, 15) is 10.1 Å². The predicted octanol–water partition coefficient (Wildman–Crippen LogP) is 4.22. The lowest BCUT2D eigenvalue weighted by Crippen LogP contribution is -2.33. The predicted molar refractivity (Wildman–Crippen MR) is 124 cm³/mol. The fourth-order valence-electron chi connectivity index (χ4n) is 4.06. The summed E-state index contributed by atoms with van der Waals surface area (Å²) in [5.74, 6) is -0.810. The maximum atomic E-state index is 15.4. The number of amides is 1. The molecule has 0 saturated heterocycles. The van der Waals surface area contributed by atoms with Gasteiger partial charge in [-0.3, -0.25) is 9.69 Å². The summed E-state index contributed by atoms with van der Waals surface area (Å²) in [6.45, 7) is 1.93. The van der Waals surface area contributed by atoms with Crippen molar-refractivity contribution in [2.24, 2.45) is 0 Å². The number of nitriles is 1. The summed E-state index contributed by atoms with van der Waals surface area (Å²) in [6.07, 6.45) is 5.53. The highest BCUT2D eigenvalue weighted by Gasteiger charge is 2.30. The molecule has 8 heteroatoms. The molecule has 0 radical (unpaired) electrons. The van der Waals surface area contributed by atoms with Crippen LogP contribution in [0.4, 0.5) is 10.2 Å². The van der Waals surface area contributed by atoms with E-state index in [4.69, 9.17) is 4.74 Å². The van der Waals surface area contributed by atoms with Crippen LogP contribution in [0.15, 0.2) is 67.1 Å². The molecule has 0 bridgehead atoms. The molecule has 5 rings (SSSR count). The quantitative estimate of drug-likeness (QED) is 0.462. The molecule has 2 aromatic carbocycles. The summed E-state index contributed by atoms with van der Waals surface area (Å²) < 4.78 is 22.8. The zero-order valence-electron chi connectivity index (χ0n) is 18.4. The fraction of sp³-hybridized carbons (Fsp3) is 0.154. The third kappa shape index (κ3) is 3.77. The van der Waals surface area contributed by atoms with Crippen LogP contribution < -0.4 is 9.64 Å². The van der Waals surface area contributed by atoms with Crippen LogP contribution in [0.5, 0.6) is 5.75 Å². The minimum atomic E-state index is -0.544.